The second-order valence-electron chi connectivity index (χ2n) is 6.18. The number of fused-ring (bicyclic) bond motifs is 1. The monoisotopic (exact) mass is 375 g/mol. The summed E-state index contributed by atoms with van der Waals surface area (Å²) in [6, 6.07) is 16.2. The van der Waals surface area contributed by atoms with Gasteiger partial charge in [-0.3, -0.25) is 9.36 Å². The molecule has 8 heteroatoms. The molecule has 0 aliphatic heterocycles. The lowest BCUT2D eigenvalue weighted by Gasteiger charge is -2.07. The highest BCUT2D eigenvalue weighted by Gasteiger charge is 2.22. The molecule has 0 aliphatic carbocycles. The molecule has 0 spiro atoms. The van der Waals surface area contributed by atoms with E-state index in [1.54, 1.807) is 38.4 Å². The summed E-state index contributed by atoms with van der Waals surface area (Å²) in [6.45, 7) is 0. The van der Waals surface area contributed by atoms with Crippen LogP contribution in [-0.2, 0) is 7.05 Å². The van der Waals surface area contributed by atoms with Gasteiger partial charge in [0.2, 0.25) is 0 Å². The molecule has 2 aromatic heterocycles. The molecule has 0 aliphatic rings. The van der Waals surface area contributed by atoms with E-state index in [9.17, 15) is 9.59 Å². The number of hydrogen-bond donors (Lipinski definition) is 1. The Hall–Kier alpha value is -3.94. The van der Waals surface area contributed by atoms with Gasteiger partial charge in [0.25, 0.3) is 5.91 Å². The Kier molecular flexibility index (Phi) is 4.15. The predicted molar refractivity (Wildman–Crippen MR) is 105 cm³/mol. The second-order valence-corrected chi connectivity index (χ2v) is 6.18. The Labute approximate surface area is 159 Å². The lowest BCUT2D eigenvalue weighted by Crippen LogP contribution is -2.21. The van der Waals surface area contributed by atoms with E-state index >= 15 is 0 Å². The molecular weight excluding hydrogens is 358 g/mol. The fourth-order valence-electron chi connectivity index (χ4n) is 3.11. The van der Waals surface area contributed by atoms with Gasteiger partial charge in [0.05, 0.1) is 12.8 Å². The van der Waals surface area contributed by atoms with Gasteiger partial charge in [0.1, 0.15) is 11.3 Å². The number of carbonyl (C=O) groups is 1. The minimum atomic E-state index is -0.733. The van der Waals surface area contributed by atoms with Crippen molar-refractivity contribution >= 4 is 17.1 Å². The first-order valence-electron chi connectivity index (χ1n) is 8.50. The van der Waals surface area contributed by atoms with E-state index in [1.165, 1.54) is 9.13 Å². The number of nitrogens with zero attached hydrogens (tertiary/aromatic N) is 4. The number of imidazole rings is 1. The molecule has 4 aromatic rings. The van der Waals surface area contributed by atoms with E-state index in [-0.39, 0.29) is 16.9 Å². The van der Waals surface area contributed by atoms with Crippen molar-refractivity contribution in [3.8, 4) is 22.8 Å². The molecule has 0 atom stereocenters. The van der Waals surface area contributed by atoms with Gasteiger partial charge in [-0.05, 0) is 12.1 Å². The molecule has 2 heterocycles. The molecule has 0 bridgehead atoms. The van der Waals surface area contributed by atoms with Gasteiger partial charge in [-0.15, -0.1) is 0 Å². The van der Waals surface area contributed by atoms with Gasteiger partial charge in [-0.25, -0.2) is 19.3 Å². The molecular formula is C20H17N5O3. The minimum Gasteiger partial charge on any atom is -0.497 e. The highest BCUT2D eigenvalue weighted by Crippen LogP contribution is 2.24. The molecule has 4 rings (SSSR count). The Morgan fingerprint density at radius 3 is 2.50 bits per heavy atom. The Bertz CT molecular complexity index is 1260. The third kappa shape index (κ3) is 2.71. The van der Waals surface area contributed by atoms with E-state index in [0.717, 1.165) is 0 Å². The average Bonchev–Trinajstić information content (AvgIpc) is 2.98. The number of primary amides is 1. The zero-order valence-electron chi connectivity index (χ0n) is 15.3. The van der Waals surface area contributed by atoms with E-state index in [4.69, 9.17) is 10.5 Å². The summed E-state index contributed by atoms with van der Waals surface area (Å²) < 4.78 is 8.00. The lowest BCUT2D eigenvalue weighted by molar-refractivity contribution is 0.0997. The van der Waals surface area contributed by atoms with Crippen LogP contribution >= 0.6 is 0 Å². The van der Waals surface area contributed by atoms with E-state index in [2.05, 4.69) is 9.97 Å². The molecule has 0 fully saturated rings. The van der Waals surface area contributed by atoms with Crippen LogP contribution in [0, 0.1) is 0 Å². The number of ether oxygens (including phenoxy) is 1. The molecule has 8 nitrogen and oxygen atoms in total. The zero-order valence-corrected chi connectivity index (χ0v) is 15.3. The largest absolute Gasteiger partial charge is 0.497 e. The van der Waals surface area contributed by atoms with Gasteiger partial charge >= 0.3 is 5.69 Å². The maximum absolute atomic E-state index is 13.0. The van der Waals surface area contributed by atoms with Crippen molar-refractivity contribution in [2.24, 2.45) is 12.8 Å². The van der Waals surface area contributed by atoms with Crippen molar-refractivity contribution < 1.29 is 9.53 Å². The van der Waals surface area contributed by atoms with Crippen molar-refractivity contribution in [1.82, 2.24) is 19.1 Å². The van der Waals surface area contributed by atoms with Crippen LogP contribution in [0.15, 0.2) is 59.4 Å². The van der Waals surface area contributed by atoms with Crippen LogP contribution in [0.25, 0.3) is 28.2 Å². The predicted octanol–water partition coefficient (Wildman–Crippen LogP) is 1.89. The number of carbonyl (C=O) groups excluding carboxylic acids is 1. The maximum atomic E-state index is 13.0. The highest BCUT2D eigenvalue weighted by molar-refractivity contribution is 6.02. The van der Waals surface area contributed by atoms with Crippen LogP contribution in [0.2, 0.25) is 0 Å². The number of aromatic nitrogens is 4. The van der Waals surface area contributed by atoms with Crippen molar-refractivity contribution in [2.75, 3.05) is 7.11 Å². The van der Waals surface area contributed by atoms with Crippen molar-refractivity contribution in [3.05, 3.63) is 70.8 Å². The van der Waals surface area contributed by atoms with Crippen LogP contribution in [0.3, 0.4) is 0 Å². The smallest absolute Gasteiger partial charge is 0.334 e. The van der Waals surface area contributed by atoms with Gasteiger partial charge in [-0.1, -0.05) is 36.4 Å². The lowest BCUT2D eigenvalue weighted by atomic mass is 10.2. The number of hydrogen-bond acceptors (Lipinski definition) is 5. The van der Waals surface area contributed by atoms with E-state index < -0.39 is 5.91 Å². The third-order valence-electron chi connectivity index (χ3n) is 4.47. The molecule has 0 saturated carbocycles. The quantitative estimate of drug-likeness (QED) is 0.586. The number of benzene rings is 2. The van der Waals surface area contributed by atoms with Gasteiger partial charge in [-0.2, -0.15) is 0 Å². The standard InChI is InChI=1S/C20H17N5O3/c1-24-16-15(17(21)26)22-18(12-7-4-3-5-8-12)23-19(16)25(20(24)27)13-9-6-10-14(11-13)28-2/h3-11H,1-2H3,(H2,21,26). The summed E-state index contributed by atoms with van der Waals surface area (Å²) in [4.78, 5) is 34.0. The number of amides is 1. The third-order valence-corrected chi connectivity index (χ3v) is 4.47. The average molecular weight is 375 g/mol. The Morgan fingerprint density at radius 2 is 1.82 bits per heavy atom. The number of rotatable bonds is 4. The van der Waals surface area contributed by atoms with Gasteiger partial charge < -0.3 is 10.5 Å². The van der Waals surface area contributed by atoms with Crippen molar-refractivity contribution in [3.63, 3.8) is 0 Å². The summed E-state index contributed by atoms with van der Waals surface area (Å²) in [5, 5.41) is 0. The Balaban J connectivity index is 2.11. The summed E-state index contributed by atoms with van der Waals surface area (Å²) in [7, 11) is 3.10. The van der Waals surface area contributed by atoms with Crippen molar-refractivity contribution in [1.29, 1.82) is 0 Å². The summed E-state index contributed by atoms with van der Waals surface area (Å²) >= 11 is 0. The van der Waals surface area contributed by atoms with Crippen LogP contribution in [0.4, 0.5) is 0 Å². The Morgan fingerprint density at radius 1 is 1.07 bits per heavy atom. The summed E-state index contributed by atoms with van der Waals surface area (Å²) in [5.41, 5.74) is 7.03. The van der Waals surface area contributed by atoms with Crippen LogP contribution in [0.1, 0.15) is 10.5 Å². The SMILES string of the molecule is COc1cccc(-n2c(=O)n(C)c3c(C(N)=O)nc(-c4ccccc4)nc32)c1. The first-order chi connectivity index (χ1) is 13.5. The normalized spacial score (nSPS) is 10.9. The van der Waals surface area contributed by atoms with Gasteiger partial charge in [0, 0.05) is 18.7 Å². The molecule has 140 valence electrons. The summed E-state index contributed by atoms with van der Waals surface area (Å²) in [6.07, 6.45) is 0. The number of nitrogens with two attached hydrogens (primary N) is 1. The fourth-order valence-corrected chi connectivity index (χ4v) is 3.11. The molecule has 28 heavy (non-hydrogen) atoms. The molecule has 1 amide bonds. The van der Waals surface area contributed by atoms with Gasteiger partial charge in [0.15, 0.2) is 17.2 Å². The van der Waals surface area contributed by atoms with E-state index in [1.807, 2.05) is 30.3 Å². The fraction of sp³-hybridized carbons (Fsp3) is 0.100. The molecule has 0 saturated heterocycles. The number of aryl methyl sites for hydroxylation is 1. The van der Waals surface area contributed by atoms with Crippen molar-refractivity contribution in [2.45, 2.75) is 0 Å². The first-order valence-corrected chi connectivity index (χ1v) is 8.50. The van der Waals surface area contributed by atoms with E-state index in [0.29, 0.717) is 28.5 Å². The topological polar surface area (TPSA) is 105 Å². The molecule has 2 aromatic carbocycles. The van der Waals surface area contributed by atoms with Crippen LogP contribution in [0.5, 0.6) is 5.75 Å². The maximum Gasteiger partial charge on any atom is 0.334 e. The molecule has 2 N–H and O–H groups in total. The molecule has 0 unspecified atom stereocenters. The number of methoxy groups -OCH3 is 1. The van der Waals surface area contributed by atoms with Crippen LogP contribution in [-0.4, -0.2) is 32.1 Å². The highest BCUT2D eigenvalue weighted by atomic mass is 16.5. The summed E-state index contributed by atoms with van der Waals surface area (Å²) in [5.74, 6) is 0.168. The minimum absolute atomic E-state index is 0.00917. The zero-order chi connectivity index (χ0) is 19.8. The first kappa shape index (κ1) is 17.5. The molecule has 0 radical (unpaired) electrons. The second kappa shape index (κ2) is 6.66. The van der Waals surface area contributed by atoms with Crippen LogP contribution < -0.4 is 16.2 Å².